The minimum atomic E-state index is -1.70. The first-order valence-electron chi connectivity index (χ1n) is 10.8. The second-order valence-electron chi connectivity index (χ2n) is 8.17. The number of benzene rings is 1. The van der Waals surface area contributed by atoms with Crippen LogP contribution < -0.4 is 10.6 Å². The first kappa shape index (κ1) is 25.0. The minimum absolute atomic E-state index is 0.0114. The number of carbonyl (C=O) groups excluding carboxylic acids is 2. The SMILES string of the molecule is CC(C)C=C[C@@H](O)[C@H](O)[C@@H](O)[C@@H](OCc1ccccc1)C(=O)N[C@H]1CCCCNC1=O. The highest BCUT2D eigenvalue weighted by Crippen LogP contribution is 2.15. The monoisotopic (exact) mass is 434 g/mol. The largest absolute Gasteiger partial charge is 0.387 e. The Kier molecular flexibility index (Phi) is 10.1. The molecule has 0 unspecified atom stereocenters. The number of hydrogen-bond donors (Lipinski definition) is 5. The number of amides is 2. The average Bonchev–Trinajstić information content (AvgIpc) is 2.96. The van der Waals surface area contributed by atoms with Gasteiger partial charge in [-0.1, -0.05) is 56.3 Å². The molecule has 1 fully saturated rings. The van der Waals surface area contributed by atoms with E-state index < -0.39 is 36.4 Å². The molecule has 8 heteroatoms. The van der Waals surface area contributed by atoms with Crippen molar-refractivity contribution < 1.29 is 29.6 Å². The van der Waals surface area contributed by atoms with E-state index in [1.54, 1.807) is 18.2 Å². The molecule has 0 radical (unpaired) electrons. The predicted molar refractivity (Wildman–Crippen MR) is 116 cm³/mol. The summed E-state index contributed by atoms with van der Waals surface area (Å²) in [5, 5.41) is 36.7. The van der Waals surface area contributed by atoms with Crippen molar-refractivity contribution in [2.75, 3.05) is 6.54 Å². The van der Waals surface area contributed by atoms with Crippen molar-refractivity contribution >= 4 is 11.8 Å². The van der Waals surface area contributed by atoms with Crippen LogP contribution in [0.1, 0.15) is 38.7 Å². The second-order valence-corrected chi connectivity index (χ2v) is 8.17. The molecule has 1 aromatic rings. The lowest BCUT2D eigenvalue weighted by molar-refractivity contribution is -0.156. The van der Waals surface area contributed by atoms with Crippen molar-refractivity contribution in [2.24, 2.45) is 5.92 Å². The molecule has 2 rings (SSSR count). The normalized spacial score (nSPS) is 21.2. The van der Waals surface area contributed by atoms with Crippen LogP contribution in [0, 0.1) is 5.92 Å². The van der Waals surface area contributed by atoms with E-state index in [2.05, 4.69) is 10.6 Å². The maximum Gasteiger partial charge on any atom is 0.252 e. The Morgan fingerprint density at radius 1 is 1.16 bits per heavy atom. The minimum Gasteiger partial charge on any atom is -0.387 e. The topological polar surface area (TPSA) is 128 Å². The third-order valence-corrected chi connectivity index (χ3v) is 5.09. The van der Waals surface area contributed by atoms with E-state index in [0.717, 1.165) is 18.4 Å². The summed E-state index contributed by atoms with van der Waals surface area (Å²) in [7, 11) is 0. The van der Waals surface area contributed by atoms with Gasteiger partial charge in [0, 0.05) is 6.54 Å². The summed E-state index contributed by atoms with van der Waals surface area (Å²) in [6.45, 7) is 4.37. The fourth-order valence-electron chi connectivity index (χ4n) is 3.25. The second kappa shape index (κ2) is 12.6. The van der Waals surface area contributed by atoms with Gasteiger partial charge in [0.05, 0.1) is 6.61 Å². The molecular weight excluding hydrogens is 400 g/mol. The molecule has 5 N–H and O–H groups in total. The molecule has 1 heterocycles. The van der Waals surface area contributed by atoms with E-state index in [0.29, 0.717) is 13.0 Å². The van der Waals surface area contributed by atoms with Crippen LogP contribution in [0.5, 0.6) is 0 Å². The lowest BCUT2D eigenvalue weighted by atomic mass is 10.00. The third kappa shape index (κ3) is 8.06. The fraction of sp³-hybridized carbons (Fsp3) is 0.565. The van der Waals surface area contributed by atoms with Gasteiger partial charge in [0.25, 0.3) is 5.91 Å². The van der Waals surface area contributed by atoms with Gasteiger partial charge in [-0.2, -0.15) is 0 Å². The van der Waals surface area contributed by atoms with Crippen molar-refractivity contribution in [1.82, 2.24) is 10.6 Å². The average molecular weight is 435 g/mol. The highest BCUT2D eigenvalue weighted by atomic mass is 16.5. The molecule has 0 aromatic heterocycles. The summed E-state index contributed by atoms with van der Waals surface area (Å²) in [6.07, 6.45) is -1.08. The van der Waals surface area contributed by atoms with Crippen molar-refractivity contribution in [3.05, 3.63) is 48.0 Å². The van der Waals surface area contributed by atoms with E-state index in [-0.39, 0.29) is 18.4 Å². The molecule has 1 saturated heterocycles. The Morgan fingerprint density at radius 3 is 2.55 bits per heavy atom. The quantitative estimate of drug-likeness (QED) is 0.344. The Morgan fingerprint density at radius 2 is 1.87 bits per heavy atom. The van der Waals surface area contributed by atoms with Crippen molar-refractivity contribution in [1.29, 1.82) is 0 Å². The maximum absolute atomic E-state index is 12.9. The number of ether oxygens (including phenoxy) is 1. The molecule has 31 heavy (non-hydrogen) atoms. The zero-order valence-corrected chi connectivity index (χ0v) is 18.1. The molecule has 0 spiro atoms. The van der Waals surface area contributed by atoms with E-state index in [1.165, 1.54) is 6.08 Å². The fourth-order valence-corrected chi connectivity index (χ4v) is 3.25. The van der Waals surface area contributed by atoms with Gasteiger partial charge in [0.1, 0.15) is 24.4 Å². The van der Waals surface area contributed by atoms with Crippen LogP contribution in [-0.2, 0) is 20.9 Å². The summed E-state index contributed by atoms with van der Waals surface area (Å²) < 4.78 is 5.67. The van der Waals surface area contributed by atoms with Crippen LogP contribution in [0.25, 0.3) is 0 Å². The summed E-state index contributed by atoms with van der Waals surface area (Å²) in [5.41, 5.74) is 0.773. The number of allylic oxidation sites excluding steroid dienone is 1. The first-order chi connectivity index (χ1) is 14.8. The van der Waals surface area contributed by atoms with Gasteiger partial charge in [-0.05, 0) is 30.7 Å². The number of rotatable bonds is 10. The molecule has 1 aliphatic rings. The van der Waals surface area contributed by atoms with Crippen LogP contribution in [-0.4, -0.2) is 64.1 Å². The molecule has 0 saturated carbocycles. The van der Waals surface area contributed by atoms with Gasteiger partial charge < -0.3 is 30.7 Å². The van der Waals surface area contributed by atoms with Gasteiger partial charge in [0.2, 0.25) is 5.91 Å². The summed E-state index contributed by atoms with van der Waals surface area (Å²) >= 11 is 0. The predicted octanol–water partition coefficient (Wildman–Crippen LogP) is 0.652. The smallest absolute Gasteiger partial charge is 0.252 e. The highest BCUT2D eigenvalue weighted by Gasteiger charge is 2.37. The van der Waals surface area contributed by atoms with E-state index in [1.807, 2.05) is 32.0 Å². The highest BCUT2D eigenvalue weighted by molar-refractivity contribution is 5.89. The Labute approximate surface area is 183 Å². The van der Waals surface area contributed by atoms with Crippen LogP contribution in [0.3, 0.4) is 0 Å². The molecular formula is C23H34N2O6. The number of carbonyl (C=O) groups is 2. The molecule has 0 bridgehead atoms. The Bertz CT molecular complexity index is 724. The molecule has 5 atom stereocenters. The van der Waals surface area contributed by atoms with Crippen LogP contribution in [0.15, 0.2) is 42.5 Å². The number of hydrogen-bond acceptors (Lipinski definition) is 6. The zero-order chi connectivity index (χ0) is 22.8. The van der Waals surface area contributed by atoms with E-state index in [4.69, 9.17) is 4.74 Å². The zero-order valence-electron chi connectivity index (χ0n) is 18.1. The Hall–Kier alpha value is -2.26. The molecule has 1 aromatic carbocycles. The van der Waals surface area contributed by atoms with Gasteiger partial charge in [-0.25, -0.2) is 0 Å². The van der Waals surface area contributed by atoms with Crippen molar-refractivity contribution in [2.45, 2.75) is 70.2 Å². The summed E-state index contributed by atoms with van der Waals surface area (Å²) in [5.74, 6) is -0.867. The lowest BCUT2D eigenvalue weighted by Gasteiger charge is -2.29. The summed E-state index contributed by atoms with van der Waals surface area (Å²) in [4.78, 5) is 25.1. The molecule has 0 aliphatic carbocycles. The first-order valence-corrected chi connectivity index (χ1v) is 10.8. The van der Waals surface area contributed by atoms with Crippen LogP contribution >= 0.6 is 0 Å². The van der Waals surface area contributed by atoms with Crippen LogP contribution in [0.2, 0.25) is 0 Å². The van der Waals surface area contributed by atoms with Crippen LogP contribution in [0.4, 0.5) is 0 Å². The number of aliphatic hydroxyl groups excluding tert-OH is 3. The number of aliphatic hydroxyl groups is 3. The Balaban J connectivity index is 2.13. The molecule has 8 nitrogen and oxygen atoms in total. The molecule has 172 valence electrons. The van der Waals surface area contributed by atoms with Crippen molar-refractivity contribution in [3.8, 4) is 0 Å². The van der Waals surface area contributed by atoms with E-state index >= 15 is 0 Å². The number of nitrogens with one attached hydrogen (secondary N) is 2. The van der Waals surface area contributed by atoms with Gasteiger partial charge >= 0.3 is 0 Å². The maximum atomic E-state index is 12.9. The molecule has 2 amide bonds. The molecule has 1 aliphatic heterocycles. The van der Waals surface area contributed by atoms with Gasteiger partial charge in [0.15, 0.2) is 6.10 Å². The van der Waals surface area contributed by atoms with Crippen molar-refractivity contribution in [3.63, 3.8) is 0 Å². The standard InChI is InChI=1S/C23H34N2O6/c1-15(2)11-12-18(26)19(27)20(28)21(31-14-16-8-4-3-5-9-16)23(30)25-17-10-6-7-13-24-22(17)29/h3-5,8-9,11-12,15,17-21,26-28H,6-7,10,13-14H2,1-2H3,(H,24,29)(H,25,30)/t17-,18+,19-,20+,21+/m0/s1. The van der Waals surface area contributed by atoms with E-state index in [9.17, 15) is 24.9 Å². The van der Waals surface area contributed by atoms with Gasteiger partial charge in [-0.15, -0.1) is 0 Å². The lowest BCUT2D eigenvalue weighted by Crippen LogP contribution is -2.55. The third-order valence-electron chi connectivity index (χ3n) is 5.09. The summed E-state index contributed by atoms with van der Waals surface area (Å²) in [6, 6.07) is 8.33. The van der Waals surface area contributed by atoms with Gasteiger partial charge in [-0.3, -0.25) is 9.59 Å².